The molecule has 1 aromatic carbocycles. The number of nitrogens with zero attached hydrogens (tertiary/aromatic N) is 1. The van der Waals surface area contributed by atoms with E-state index in [9.17, 15) is 8.42 Å². The van der Waals surface area contributed by atoms with Crippen LogP contribution in [0.25, 0.3) is 0 Å². The smallest absolute Gasteiger partial charge is 0.156 e. The van der Waals surface area contributed by atoms with Gasteiger partial charge >= 0.3 is 0 Å². The Morgan fingerprint density at radius 2 is 2.12 bits per heavy atom. The minimum atomic E-state index is -3.28. The second-order valence-electron chi connectivity index (χ2n) is 4.08. The van der Waals surface area contributed by atoms with Crippen molar-refractivity contribution in [3.05, 3.63) is 35.4 Å². The zero-order valence-corrected chi connectivity index (χ0v) is 11.0. The number of sulfone groups is 1. The number of rotatable bonds is 4. The average molecular weight is 255 g/mol. The van der Waals surface area contributed by atoms with E-state index in [0.29, 0.717) is 12.0 Å². The summed E-state index contributed by atoms with van der Waals surface area (Å²) in [5.74, 6) is 0. The van der Waals surface area contributed by atoms with E-state index in [2.05, 4.69) is 5.16 Å². The molecule has 0 saturated heterocycles. The molecule has 0 aliphatic heterocycles. The maximum Gasteiger partial charge on any atom is 0.156 e. The molecule has 0 unspecified atom stereocenters. The van der Waals surface area contributed by atoms with Crippen molar-refractivity contribution in [2.45, 2.75) is 25.5 Å². The summed E-state index contributed by atoms with van der Waals surface area (Å²) < 4.78 is 23.3. The predicted octanol–water partition coefficient (Wildman–Crippen LogP) is 2.00. The number of oxime groups is 1. The van der Waals surface area contributed by atoms with Gasteiger partial charge in [-0.15, -0.1) is 0 Å². The molecule has 1 N–H and O–H groups in total. The van der Waals surface area contributed by atoms with Gasteiger partial charge in [0.2, 0.25) is 0 Å². The summed E-state index contributed by atoms with van der Waals surface area (Å²) in [6.07, 6.45) is 1.54. The molecule has 1 rings (SSSR count). The lowest BCUT2D eigenvalue weighted by Gasteiger charge is -2.15. The van der Waals surface area contributed by atoms with Crippen LogP contribution in [-0.2, 0) is 9.84 Å². The van der Waals surface area contributed by atoms with E-state index < -0.39 is 15.1 Å². The largest absolute Gasteiger partial charge is 0.411 e. The lowest BCUT2D eigenvalue weighted by Crippen LogP contribution is -2.29. The van der Waals surface area contributed by atoms with Crippen molar-refractivity contribution >= 4 is 15.5 Å². The predicted molar refractivity (Wildman–Crippen MR) is 68.4 cm³/mol. The van der Waals surface area contributed by atoms with Crippen LogP contribution in [0.2, 0.25) is 0 Å². The van der Waals surface area contributed by atoms with Gasteiger partial charge in [-0.2, -0.15) is 0 Å². The van der Waals surface area contributed by atoms with Crippen LogP contribution < -0.4 is 0 Å². The van der Waals surface area contributed by atoms with E-state index in [0.717, 1.165) is 11.8 Å². The molecule has 0 fully saturated rings. The van der Waals surface area contributed by atoms with Crippen molar-refractivity contribution < 1.29 is 13.6 Å². The van der Waals surface area contributed by atoms with E-state index in [1.54, 1.807) is 13.0 Å². The fourth-order valence-corrected chi connectivity index (χ4v) is 3.01. The molecule has 0 heterocycles. The lowest BCUT2D eigenvalue weighted by atomic mass is 10.0. The van der Waals surface area contributed by atoms with E-state index in [1.807, 2.05) is 25.1 Å². The quantitative estimate of drug-likeness (QED) is 0.508. The molecule has 1 atom stereocenters. The summed E-state index contributed by atoms with van der Waals surface area (Å²) in [6.45, 7) is 3.66. The van der Waals surface area contributed by atoms with Gasteiger partial charge in [-0.05, 0) is 13.3 Å². The Labute approximate surface area is 102 Å². The number of hydrogen-bond acceptors (Lipinski definition) is 4. The standard InChI is InChI=1S/C12H17NO3S/c1-4-11(17(3,15)16)12(13-14)10-7-5-6-9(2)8-10/h5-8,11,14H,4H2,1-3H3/b13-12-/t11-/m0/s1. The van der Waals surface area contributed by atoms with Gasteiger partial charge in [0.1, 0.15) is 11.0 Å². The first-order valence-corrected chi connectivity index (χ1v) is 7.33. The second kappa shape index (κ2) is 5.31. The third-order valence-electron chi connectivity index (χ3n) is 2.61. The van der Waals surface area contributed by atoms with Crippen LogP contribution in [0.3, 0.4) is 0 Å². The molecular formula is C12H17NO3S. The number of benzene rings is 1. The minimum Gasteiger partial charge on any atom is -0.411 e. The highest BCUT2D eigenvalue weighted by molar-refractivity contribution is 7.92. The average Bonchev–Trinajstić information content (AvgIpc) is 2.23. The van der Waals surface area contributed by atoms with Crippen molar-refractivity contribution in [3.63, 3.8) is 0 Å². The fraction of sp³-hybridized carbons (Fsp3) is 0.417. The molecule has 0 saturated carbocycles. The summed E-state index contributed by atoms with van der Waals surface area (Å²) in [4.78, 5) is 0. The number of aryl methyl sites for hydroxylation is 1. The van der Waals surface area contributed by atoms with Gasteiger partial charge in [-0.3, -0.25) is 0 Å². The maximum atomic E-state index is 11.6. The Kier molecular flexibility index (Phi) is 4.28. The molecule has 1 aromatic rings. The van der Waals surface area contributed by atoms with E-state index >= 15 is 0 Å². The summed E-state index contributed by atoms with van der Waals surface area (Å²) in [5, 5.41) is 11.5. The monoisotopic (exact) mass is 255 g/mol. The molecule has 94 valence electrons. The molecule has 0 amide bonds. The first kappa shape index (κ1) is 13.7. The van der Waals surface area contributed by atoms with Crippen molar-refractivity contribution in [3.8, 4) is 0 Å². The SMILES string of the molecule is CC[C@@H](/C(=N\O)c1cccc(C)c1)S(C)(=O)=O. The lowest BCUT2D eigenvalue weighted by molar-refractivity contribution is 0.318. The highest BCUT2D eigenvalue weighted by Crippen LogP contribution is 2.15. The zero-order valence-electron chi connectivity index (χ0n) is 10.2. The van der Waals surface area contributed by atoms with Gasteiger partial charge in [0.15, 0.2) is 9.84 Å². The van der Waals surface area contributed by atoms with Crippen molar-refractivity contribution in [2.24, 2.45) is 5.16 Å². The molecule has 17 heavy (non-hydrogen) atoms. The highest BCUT2D eigenvalue weighted by Gasteiger charge is 2.26. The van der Waals surface area contributed by atoms with Crippen molar-refractivity contribution in [1.82, 2.24) is 0 Å². The topological polar surface area (TPSA) is 66.7 Å². The molecule has 0 bridgehead atoms. The van der Waals surface area contributed by atoms with Crippen molar-refractivity contribution in [1.29, 1.82) is 0 Å². The Balaban J connectivity index is 3.25. The van der Waals surface area contributed by atoms with Gasteiger partial charge in [0.05, 0.1) is 0 Å². The molecule has 0 aliphatic rings. The van der Waals surface area contributed by atoms with Crippen LogP contribution in [0.4, 0.5) is 0 Å². The summed E-state index contributed by atoms with van der Waals surface area (Å²) in [6, 6.07) is 7.27. The molecule has 5 heteroatoms. The fourth-order valence-electron chi connectivity index (χ4n) is 1.81. The Morgan fingerprint density at radius 1 is 1.47 bits per heavy atom. The van der Waals surface area contributed by atoms with Crippen LogP contribution in [-0.4, -0.2) is 30.8 Å². The van der Waals surface area contributed by atoms with Crippen LogP contribution in [0, 0.1) is 6.92 Å². The number of hydrogen-bond donors (Lipinski definition) is 1. The van der Waals surface area contributed by atoms with Crippen LogP contribution in [0.1, 0.15) is 24.5 Å². The summed E-state index contributed by atoms with van der Waals surface area (Å²) >= 11 is 0. The normalized spacial score (nSPS) is 14.6. The van der Waals surface area contributed by atoms with E-state index in [1.165, 1.54) is 0 Å². The molecule has 4 nitrogen and oxygen atoms in total. The zero-order chi connectivity index (χ0) is 13.1. The van der Waals surface area contributed by atoms with Gasteiger partial charge < -0.3 is 5.21 Å². The molecular weight excluding hydrogens is 238 g/mol. The van der Waals surface area contributed by atoms with Gasteiger partial charge in [-0.25, -0.2) is 8.42 Å². The molecule has 0 spiro atoms. The second-order valence-corrected chi connectivity index (χ2v) is 6.31. The van der Waals surface area contributed by atoms with Gasteiger partial charge in [0.25, 0.3) is 0 Å². The first-order chi connectivity index (χ1) is 7.90. The maximum absolute atomic E-state index is 11.6. The first-order valence-electron chi connectivity index (χ1n) is 5.38. The summed E-state index contributed by atoms with van der Waals surface area (Å²) in [7, 11) is -3.28. The highest BCUT2D eigenvalue weighted by atomic mass is 32.2. The third kappa shape index (κ3) is 3.30. The Bertz CT molecular complexity index is 520. The molecule has 0 radical (unpaired) electrons. The van der Waals surface area contributed by atoms with Gasteiger partial charge in [0, 0.05) is 11.8 Å². The molecule has 0 aromatic heterocycles. The Morgan fingerprint density at radius 3 is 2.53 bits per heavy atom. The Hall–Kier alpha value is -1.36. The van der Waals surface area contributed by atoms with Crippen molar-refractivity contribution in [2.75, 3.05) is 6.26 Å². The third-order valence-corrected chi connectivity index (χ3v) is 4.20. The van der Waals surface area contributed by atoms with Crippen LogP contribution in [0.5, 0.6) is 0 Å². The van der Waals surface area contributed by atoms with E-state index in [-0.39, 0.29) is 5.71 Å². The van der Waals surface area contributed by atoms with Crippen LogP contribution in [0.15, 0.2) is 29.4 Å². The van der Waals surface area contributed by atoms with E-state index in [4.69, 9.17) is 5.21 Å². The minimum absolute atomic E-state index is 0.207. The molecule has 0 aliphatic carbocycles. The van der Waals surface area contributed by atoms with Crippen LogP contribution >= 0.6 is 0 Å². The summed E-state index contributed by atoms with van der Waals surface area (Å²) in [5.41, 5.74) is 1.84. The van der Waals surface area contributed by atoms with Gasteiger partial charge in [-0.1, -0.05) is 41.9 Å².